The summed E-state index contributed by atoms with van der Waals surface area (Å²) in [5, 5.41) is 5.65. The number of carbonyl (C=O) groups excluding carboxylic acids is 1. The van der Waals surface area contributed by atoms with Gasteiger partial charge in [-0.25, -0.2) is 0 Å². The minimum atomic E-state index is 0. The summed E-state index contributed by atoms with van der Waals surface area (Å²) in [4.78, 5) is 19.0. The van der Waals surface area contributed by atoms with Gasteiger partial charge >= 0.3 is 0 Å². The van der Waals surface area contributed by atoms with E-state index in [1.807, 2.05) is 0 Å². The molecule has 5 aliphatic carbocycles. The number of hydrogen-bond donors (Lipinski definition) is 1. The first-order valence-electron chi connectivity index (χ1n) is 11.1. The fourth-order valence-corrected chi connectivity index (χ4v) is 7.78. The van der Waals surface area contributed by atoms with Crippen LogP contribution in [0.4, 0.5) is 0 Å². The van der Waals surface area contributed by atoms with Crippen molar-refractivity contribution in [2.75, 3.05) is 0 Å². The van der Waals surface area contributed by atoms with E-state index in [9.17, 15) is 4.79 Å². The molecule has 1 aromatic rings. The average Bonchev–Trinajstić information content (AvgIpc) is 2.94. The van der Waals surface area contributed by atoms with Crippen molar-refractivity contribution in [3.8, 4) is 0 Å². The monoisotopic (exact) mass is 423 g/mol. The largest absolute Gasteiger partial charge is 0.350 e. The molecule has 1 heterocycles. The van der Waals surface area contributed by atoms with Gasteiger partial charge in [-0.05, 0) is 69.1 Å². The second-order valence-electron chi connectivity index (χ2n) is 9.91. The number of nitrogens with one attached hydrogen (secondary N) is 1. The standard InChI is InChI=1S/C22H33N3OS.ClH/c1-25-19(14-27-21(25)23-18-5-3-2-4-6-18)10-20(26)24-22-11-15-7-16(12-22)9-17(8-15)13-22;/h14-18H,2-13H2,1H3,(H,24,26);1H. The normalized spacial score (nSPS) is 35.0. The molecule has 6 rings (SSSR count). The Balaban J connectivity index is 0.00000192. The highest BCUT2D eigenvalue weighted by Gasteiger charge is 2.51. The molecule has 0 radical (unpaired) electrons. The lowest BCUT2D eigenvalue weighted by atomic mass is 9.53. The molecule has 1 N–H and O–H groups in total. The SMILES string of the molecule is Cl.Cn1c(CC(=O)NC23CC4CC(CC(C4)C2)C3)csc1=NC1CCCCC1. The zero-order valence-electron chi connectivity index (χ0n) is 17.0. The van der Waals surface area contributed by atoms with Crippen LogP contribution in [0, 0.1) is 17.8 Å². The van der Waals surface area contributed by atoms with Gasteiger partial charge < -0.3 is 9.88 Å². The number of nitrogens with zero attached hydrogens (tertiary/aromatic N) is 2. The van der Waals surface area contributed by atoms with E-state index in [0.29, 0.717) is 12.5 Å². The maximum atomic E-state index is 12.9. The highest BCUT2D eigenvalue weighted by Crippen LogP contribution is 2.55. The fourth-order valence-electron chi connectivity index (χ4n) is 6.81. The zero-order chi connectivity index (χ0) is 18.4. The Labute approximate surface area is 178 Å². The Morgan fingerprint density at radius 2 is 1.75 bits per heavy atom. The van der Waals surface area contributed by atoms with Gasteiger partial charge in [0.2, 0.25) is 5.91 Å². The maximum Gasteiger partial charge on any atom is 0.226 e. The molecule has 0 aliphatic heterocycles. The molecule has 4 nitrogen and oxygen atoms in total. The van der Waals surface area contributed by atoms with Crippen LogP contribution in [-0.4, -0.2) is 22.1 Å². The topological polar surface area (TPSA) is 46.4 Å². The number of rotatable bonds is 4. The summed E-state index contributed by atoms with van der Waals surface area (Å²) in [7, 11) is 2.07. The van der Waals surface area contributed by atoms with Crippen molar-refractivity contribution in [2.45, 2.75) is 88.6 Å². The van der Waals surface area contributed by atoms with Gasteiger partial charge in [-0.1, -0.05) is 19.3 Å². The Morgan fingerprint density at radius 3 is 2.36 bits per heavy atom. The van der Waals surface area contributed by atoms with Crippen molar-refractivity contribution >= 4 is 29.7 Å². The number of hydrogen-bond acceptors (Lipinski definition) is 3. The quantitative estimate of drug-likeness (QED) is 0.767. The molecule has 1 aromatic heterocycles. The molecule has 5 aliphatic rings. The van der Waals surface area contributed by atoms with Crippen LogP contribution in [0.2, 0.25) is 0 Å². The van der Waals surface area contributed by atoms with E-state index < -0.39 is 0 Å². The molecule has 156 valence electrons. The molecule has 0 atom stereocenters. The van der Waals surface area contributed by atoms with Crippen LogP contribution >= 0.6 is 23.7 Å². The van der Waals surface area contributed by atoms with Crippen LogP contribution in [0.25, 0.3) is 0 Å². The second kappa shape index (κ2) is 8.14. The molecular weight excluding hydrogens is 390 g/mol. The Bertz CT molecular complexity index is 742. The van der Waals surface area contributed by atoms with Crippen LogP contribution in [-0.2, 0) is 18.3 Å². The van der Waals surface area contributed by atoms with Crippen LogP contribution in [0.5, 0.6) is 0 Å². The van der Waals surface area contributed by atoms with E-state index in [0.717, 1.165) is 28.2 Å². The molecule has 0 unspecified atom stereocenters. The van der Waals surface area contributed by atoms with Gasteiger partial charge in [-0.3, -0.25) is 9.79 Å². The molecule has 4 bridgehead atoms. The second-order valence-corrected chi connectivity index (χ2v) is 10.7. The van der Waals surface area contributed by atoms with Gasteiger partial charge in [0.25, 0.3) is 0 Å². The lowest BCUT2D eigenvalue weighted by molar-refractivity contribution is -0.126. The predicted molar refractivity (Wildman–Crippen MR) is 116 cm³/mol. The van der Waals surface area contributed by atoms with Crippen LogP contribution in [0.3, 0.4) is 0 Å². The summed E-state index contributed by atoms with van der Waals surface area (Å²) in [6, 6.07) is 0.484. The molecule has 28 heavy (non-hydrogen) atoms. The third-order valence-electron chi connectivity index (χ3n) is 7.67. The van der Waals surface area contributed by atoms with Gasteiger partial charge in [0.1, 0.15) is 0 Å². The summed E-state index contributed by atoms with van der Waals surface area (Å²) >= 11 is 1.70. The molecule has 5 saturated carbocycles. The fraction of sp³-hybridized carbons (Fsp3) is 0.818. The molecule has 1 amide bonds. The first-order chi connectivity index (χ1) is 13.1. The van der Waals surface area contributed by atoms with E-state index in [2.05, 4.69) is 22.3 Å². The summed E-state index contributed by atoms with van der Waals surface area (Å²) in [6.45, 7) is 0. The average molecular weight is 424 g/mol. The highest BCUT2D eigenvalue weighted by molar-refractivity contribution is 7.07. The van der Waals surface area contributed by atoms with E-state index >= 15 is 0 Å². The van der Waals surface area contributed by atoms with Gasteiger partial charge in [0.15, 0.2) is 4.80 Å². The first-order valence-corrected chi connectivity index (χ1v) is 11.9. The molecule has 5 fully saturated rings. The summed E-state index contributed by atoms with van der Waals surface area (Å²) in [6.07, 6.45) is 14.8. The van der Waals surface area contributed by atoms with E-state index in [1.54, 1.807) is 11.3 Å². The summed E-state index contributed by atoms with van der Waals surface area (Å²) < 4.78 is 2.15. The molecular formula is C22H34ClN3OS. The third kappa shape index (κ3) is 4.07. The van der Waals surface area contributed by atoms with Crippen molar-refractivity contribution in [2.24, 2.45) is 29.8 Å². The lowest BCUT2D eigenvalue weighted by Gasteiger charge is -2.56. The van der Waals surface area contributed by atoms with Crippen molar-refractivity contribution in [1.29, 1.82) is 0 Å². The number of amides is 1. The summed E-state index contributed by atoms with van der Waals surface area (Å²) in [5.74, 6) is 2.83. The Hall–Kier alpha value is -0.810. The molecule has 0 aromatic carbocycles. The van der Waals surface area contributed by atoms with Gasteiger partial charge in [-0.15, -0.1) is 23.7 Å². The Morgan fingerprint density at radius 1 is 1.14 bits per heavy atom. The van der Waals surface area contributed by atoms with Gasteiger partial charge in [0, 0.05) is 23.7 Å². The van der Waals surface area contributed by atoms with Crippen molar-refractivity contribution < 1.29 is 4.79 Å². The van der Waals surface area contributed by atoms with E-state index in [1.165, 1.54) is 70.6 Å². The van der Waals surface area contributed by atoms with Crippen LogP contribution in [0.1, 0.15) is 76.3 Å². The summed E-state index contributed by atoms with van der Waals surface area (Å²) in [5.41, 5.74) is 1.23. The number of carbonyl (C=O) groups is 1. The molecule has 0 spiro atoms. The lowest BCUT2D eigenvalue weighted by Crippen LogP contribution is -2.60. The smallest absolute Gasteiger partial charge is 0.226 e. The first kappa shape index (κ1) is 20.5. The van der Waals surface area contributed by atoms with Crippen molar-refractivity contribution in [3.63, 3.8) is 0 Å². The predicted octanol–water partition coefficient (Wildman–Crippen LogP) is 4.37. The van der Waals surface area contributed by atoms with E-state index in [-0.39, 0.29) is 23.9 Å². The van der Waals surface area contributed by atoms with Crippen LogP contribution in [0.15, 0.2) is 10.4 Å². The molecule has 0 saturated heterocycles. The number of halogens is 1. The minimum absolute atomic E-state index is 0. The zero-order valence-corrected chi connectivity index (χ0v) is 18.6. The maximum absolute atomic E-state index is 12.9. The van der Waals surface area contributed by atoms with E-state index in [4.69, 9.17) is 4.99 Å². The Kier molecular flexibility index (Phi) is 5.95. The highest BCUT2D eigenvalue weighted by atomic mass is 35.5. The van der Waals surface area contributed by atoms with Crippen molar-refractivity contribution in [1.82, 2.24) is 9.88 Å². The van der Waals surface area contributed by atoms with Crippen molar-refractivity contribution in [3.05, 3.63) is 15.9 Å². The molecule has 6 heteroatoms. The third-order valence-corrected chi connectivity index (χ3v) is 8.65. The van der Waals surface area contributed by atoms with Gasteiger partial charge in [-0.2, -0.15) is 0 Å². The number of aromatic nitrogens is 1. The van der Waals surface area contributed by atoms with Crippen LogP contribution < -0.4 is 10.1 Å². The number of thiazole rings is 1. The van der Waals surface area contributed by atoms with Gasteiger partial charge in [0.05, 0.1) is 12.5 Å². The minimum Gasteiger partial charge on any atom is -0.350 e.